The summed E-state index contributed by atoms with van der Waals surface area (Å²) in [4.78, 5) is 13.6. The molecule has 9 heteroatoms. The van der Waals surface area contributed by atoms with E-state index < -0.39 is 14.0 Å². The Hall–Kier alpha value is -2.24. The molecule has 3 heterocycles. The highest BCUT2D eigenvalue weighted by Crippen LogP contribution is 2.43. The number of benzene rings is 1. The zero-order valence-corrected chi connectivity index (χ0v) is 26.5. The zero-order chi connectivity index (χ0) is 28.5. The van der Waals surface area contributed by atoms with Crippen molar-refractivity contribution in [2.24, 2.45) is 0 Å². The number of carbonyl (C=O) groups excluding carboxylic acids is 1. The van der Waals surface area contributed by atoms with Gasteiger partial charge in [0.25, 0.3) is 0 Å². The molecule has 0 aliphatic carbocycles. The summed E-state index contributed by atoms with van der Waals surface area (Å²) in [5.74, 6) is -0.460. The Labute approximate surface area is 242 Å². The lowest BCUT2D eigenvalue weighted by Gasteiger charge is -2.37. The Morgan fingerprint density at radius 1 is 1.15 bits per heavy atom. The summed E-state index contributed by atoms with van der Waals surface area (Å²) in [5.41, 5.74) is 7.42. The largest absolute Gasteiger partial charge is 0.461 e. The van der Waals surface area contributed by atoms with Crippen LogP contribution in [0.5, 0.6) is 0 Å². The van der Waals surface area contributed by atoms with E-state index in [-0.39, 0.29) is 12.8 Å². The van der Waals surface area contributed by atoms with E-state index in [0.29, 0.717) is 50.0 Å². The molecule has 2 aromatic heterocycles. The van der Waals surface area contributed by atoms with Crippen LogP contribution in [0, 0.1) is 11.6 Å². The lowest BCUT2D eigenvalue weighted by molar-refractivity contribution is -0.0394. The van der Waals surface area contributed by atoms with Gasteiger partial charge in [0, 0.05) is 35.4 Å². The van der Waals surface area contributed by atoms with Crippen LogP contribution >= 0.6 is 23.2 Å². The fourth-order valence-corrected chi connectivity index (χ4v) is 11.8. The molecule has 1 aliphatic rings. The highest BCUT2D eigenvalue weighted by atomic mass is 35.5. The van der Waals surface area contributed by atoms with Crippen LogP contribution in [0.25, 0.3) is 22.0 Å². The number of hydrogen-bond acceptors (Lipinski definition) is 4. The van der Waals surface area contributed by atoms with E-state index >= 15 is 0 Å². The first-order chi connectivity index (χ1) is 18.5. The minimum atomic E-state index is -2.14. The third-order valence-electron chi connectivity index (χ3n) is 8.08. The molecule has 0 radical (unpaired) electrons. The van der Waals surface area contributed by atoms with Crippen molar-refractivity contribution in [1.29, 1.82) is 0 Å². The van der Waals surface area contributed by atoms with Crippen LogP contribution in [0.4, 0.5) is 0 Å². The van der Waals surface area contributed by atoms with E-state index in [0.717, 1.165) is 30.2 Å². The van der Waals surface area contributed by atoms with Crippen LogP contribution in [0.1, 0.15) is 84.4 Å². The summed E-state index contributed by atoms with van der Waals surface area (Å²) in [6, 6.07) is 7.09. The number of ether oxygens (including phenoxy) is 2. The third kappa shape index (κ3) is 5.41. The first-order valence-corrected chi connectivity index (χ1v) is 16.9. The molecule has 39 heavy (non-hydrogen) atoms. The van der Waals surface area contributed by atoms with Crippen LogP contribution in [0.15, 0.2) is 24.5 Å². The lowest BCUT2D eigenvalue weighted by atomic mass is 10.1. The summed E-state index contributed by atoms with van der Waals surface area (Å²) in [6.07, 6.45) is 6.61. The van der Waals surface area contributed by atoms with E-state index in [1.165, 1.54) is 0 Å². The van der Waals surface area contributed by atoms with Crippen molar-refractivity contribution in [3.63, 3.8) is 0 Å². The van der Waals surface area contributed by atoms with Crippen LogP contribution in [-0.2, 0) is 9.47 Å². The number of rotatable bonds is 7. The van der Waals surface area contributed by atoms with Gasteiger partial charge in [0.15, 0.2) is 0 Å². The van der Waals surface area contributed by atoms with Gasteiger partial charge in [0.1, 0.15) is 20.0 Å². The van der Waals surface area contributed by atoms with Crippen molar-refractivity contribution < 1.29 is 14.3 Å². The molecular weight excluding hydrogens is 549 g/mol. The van der Waals surface area contributed by atoms with Crippen molar-refractivity contribution in [2.75, 3.05) is 13.2 Å². The average molecular weight is 589 g/mol. The Bertz CT molecular complexity index is 1390. The second-order valence-electron chi connectivity index (χ2n) is 11.2. The maximum absolute atomic E-state index is 13.6. The first-order valence-electron chi connectivity index (χ1n) is 13.9. The van der Waals surface area contributed by atoms with Crippen molar-refractivity contribution >= 4 is 48.1 Å². The van der Waals surface area contributed by atoms with Gasteiger partial charge in [0.2, 0.25) is 0 Å². The topological polar surface area (TPSA) is 58.3 Å². The summed E-state index contributed by atoms with van der Waals surface area (Å²) < 4.78 is 15.1. The van der Waals surface area contributed by atoms with Crippen molar-refractivity contribution in [1.82, 2.24) is 14.3 Å². The SMILES string of the molecule is CCOC(=O)c1c(-c2cnn(C3CCCCO3)c2)c2ccc(Cl)c(Cl)c2n1C#C[Si](C(C)C)(C(C)C)C(C)C. The standard InChI is InChI=1S/C30H39Cl2N3O3Si/c1-8-37-30(36)29-26(22-17-33-35(18-22)25-11-9-10-15-38-25)23-12-13-24(31)27(32)28(23)34(29)14-16-39(19(2)3,20(4)5)21(6)7/h12-13,17-21,25H,8-11,15H2,1-7H3. The Morgan fingerprint density at radius 2 is 1.85 bits per heavy atom. The number of carbonyl (C=O) groups is 1. The molecule has 0 bridgehead atoms. The van der Waals surface area contributed by atoms with Crippen molar-refractivity contribution in [3.8, 4) is 22.7 Å². The molecule has 1 fully saturated rings. The summed E-state index contributed by atoms with van der Waals surface area (Å²) in [6.45, 7) is 16.3. The molecular formula is C30H39Cl2N3O3Si. The summed E-state index contributed by atoms with van der Waals surface area (Å²) in [5, 5.41) is 6.15. The number of nitrogens with zero attached hydrogens (tertiary/aromatic N) is 3. The number of fused-ring (bicyclic) bond motifs is 1. The Kier molecular flexibility index (Phi) is 9.22. The van der Waals surface area contributed by atoms with Gasteiger partial charge in [0.05, 0.1) is 28.4 Å². The minimum absolute atomic E-state index is 0.126. The predicted molar refractivity (Wildman–Crippen MR) is 162 cm³/mol. The quantitative estimate of drug-likeness (QED) is 0.157. The second-order valence-corrected chi connectivity index (χ2v) is 17.6. The second kappa shape index (κ2) is 12.1. The Balaban J connectivity index is 2.04. The van der Waals surface area contributed by atoms with Gasteiger partial charge in [-0.1, -0.05) is 70.8 Å². The molecule has 4 rings (SSSR count). The molecule has 0 spiro atoms. The Morgan fingerprint density at radius 3 is 2.44 bits per heavy atom. The van der Waals surface area contributed by atoms with E-state index in [1.807, 2.05) is 16.9 Å². The normalized spacial score (nSPS) is 16.3. The molecule has 1 atom stereocenters. The molecule has 0 N–H and O–H groups in total. The number of halogens is 2. The molecule has 1 unspecified atom stereocenters. The molecule has 3 aromatic rings. The van der Waals surface area contributed by atoms with E-state index in [9.17, 15) is 4.79 Å². The van der Waals surface area contributed by atoms with E-state index in [2.05, 4.69) is 58.2 Å². The molecule has 1 aliphatic heterocycles. The van der Waals surface area contributed by atoms with Gasteiger partial charge in [-0.15, -0.1) is 5.54 Å². The van der Waals surface area contributed by atoms with Gasteiger partial charge in [-0.3, -0.25) is 4.57 Å². The smallest absolute Gasteiger partial charge is 0.356 e. The van der Waals surface area contributed by atoms with Gasteiger partial charge in [-0.2, -0.15) is 5.10 Å². The zero-order valence-electron chi connectivity index (χ0n) is 24.0. The van der Waals surface area contributed by atoms with Crippen LogP contribution in [0.2, 0.25) is 26.7 Å². The highest BCUT2D eigenvalue weighted by Gasteiger charge is 2.42. The van der Waals surface area contributed by atoms with Crippen molar-refractivity contribution in [3.05, 3.63) is 40.3 Å². The van der Waals surface area contributed by atoms with Crippen LogP contribution in [0.3, 0.4) is 0 Å². The predicted octanol–water partition coefficient (Wildman–Crippen LogP) is 8.71. The van der Waals surface area contributed by atoms with Crippen molar-refractivity contribution in [2.45, 2.75) is 90.6 Å². The average Bonchev–Trinajstić information content (AvgIpc) is 3.50. The maximum atomic E-state index is 13.6. The van der Waals surface area contributed by atoms with Crippen LogP contribution in [-0.4, -0.2) is 41.6 Å². The fourth-order valence-electron chi connectivity index (χ4n) is 6.25. The number of aromatic nitrogens is 3. The summed E-state index contributed by atoms with van der Waals surface area (Å²) >= 11 is 13.4. The third-order valence-corrected chi connectivity index (χ3v) is 15.2. The highest BCUT2D eigenvalue weighted by molar-refractivity contribution is 6.90. The molecule has 6 nitrogen and oxygen atoms in total. The number of esters is 1. The van der Waals surface area contributed by atoms with Crippen LogP contribution < -0.4 is 0 Å². The molecule has 1 saturated heterocycles. The van der Waals surface area contributed by atoms with E-state index in [4.69, 9.17) is 32.7 Å². The van der Waals surface area contributed by atoms with Gasteiger partial charge < -0.3 is 9.47 Å². The molecule has 0 amide bonds. The van der Waals surface area contributed by atoms with Gasteiger partial charge in [-0.05, 0) is 48.9 Å². The monoisotopic (exact) mass is 587 g/mol. The molecule has 0 saturated carbocycles. The van der Waals surface area contributed by atoms with Gasteiger partial charge >= 0.3 is 5.97 Å². The maximum Gasteiger partial charge on any atom is 0.356 e. The molecule has 210 valence electrons. The fraction of sp³-hybridized carbons (Fsp3) is 0.533. The lowest BCUT2D eigenvalue weighted by Crippen LogP contribution is -2.43. The van der Waals surface area contributed by atoms with Gasteiger partial charge in [-0.25, -0.2) is 9.48 Å². The molecule has 1 aromatic carbocycles. The number of hydrogen-bond donors (Lipinski definition) is 0. The first kappa shape index (κ1) is 29.7. The minimum Gasteiger partial charge on any atom is -0.461 e. The van der Waals surface area contributed by atoms with E-state index in [1.54, 1.807) is 23.8 Å². The summed E-state index contributed by atoms with van der Waals surface area (Å²) in [7, 11) is -2.14.